The molecule has 0 saturated heterocycles. The molecule has 1 aromatic heterocycles. The summed E-state index contributed by atoms with van der Waals surface area (Å²) in [5.74, 6) is 0.450. The lowest BCUT2D eigenvalue weighted by molar-refractivity contribution is -0.107. The van der Waals surface area contributed by atoms with Gasteiger partial charge in [-0.3, -0.25) is 0 Å². The molecule has 0 amide bonds. The number of benzene rings is 1. The van der Waals surface area contributed by atoms with Crippen LogP contribution in [0.4, 0.5) is 0 Å². The Morgan fingerprint density at radius 1 is 1.47 bits per heavy atom. The van der Waals surface area contributed by atoms with Crippen LogP contribution in [0.2, 0.25) is 0 Å². The third kappa shape index (κ3) is 1.92. The molecule has 1 aromatic carbocycles. The molecular formula is C12H13NOS. The summed E-state index contributed by atoms with van der Waals surface area (Å²) >= 11 is 1.70. The van der Waals surface area contributed by atoms with Gasteiger partial charge in [-0.25, -0.2) is 4.98 Å². The highest BCUT2D eigenvalue weighted by Crippen LogP contribution is 2.29. The van der Waals surface area contributed by atoms with Crippen LogP contribution in [0.3, 0.4) is 0 Å². The monoisotopic (exact) mass is 219 g/mol. The highest BCUT2D eigenvalue weighted by Gasteiger charge is 2.09. The molecule has 78 valence electrons. The lowest BCUT2D eigenvalue weighted by atomic mass is 10.1. The standard InChI is InChI=1S/C12H13NOS/c1-8(2)12-13-10-5-3-4-9(6-7-14)11(10)15-12/h3-5,7-8H,6H2,1-2H3. The van der Waals surface area contributed by atoms with E-state index in [1.807, 2.05) is 18.2 Å². The number of hydrogen-bond donors (Lipinski definition) is 0. The predicted molar refractivity (Wildman–Crippen MR) is 63.5 cm³/mol. The summed E-state index contributed by atoms with van der Waals surface area (Å²) in [7, 11) is 0. The summed E-state index contributed by atoms with van der Waals surface area (Å²) in [6.45, 7) is 4.27. The van der Waals surface area contributed by atoms with E-state index < -0.39 is 0 Å². The Morgan fingerprint density at radius 2 is 2.27 bits per heavy atom. The van der Waals surface area contributed by atoms with Gasteiger partial charge < -0.3 is 4.79 Å². The van der Waals surface area contributed by atoms with Crippen molar-refractivity contribution in [3.63, 3.8) is 0 Å². The Bertz CT molecular complexity index is 487. The van der Waals surface area contributed by atoms with E-state index in [0.29, 0.717) is 12.3 Å². The number of rotatable bonds is 3. The Morgan fingerprint density at radius 3 is 2.93 bits per heavy atom. The van der Waals surface area contributed by atoms with E-state index in [1.54, 1.807) is 11.3 Å². The van der Waals surface area contributed by atoms with Gasteiger partial charge in [0.2, 0.25) is 0 Å². The first kappa shape index (κ1) is 10.3. The van der Waals surface area contributed by atoms with Gasteiger partial charge in [-0.15, -0.1) is 11.3 Å². The number of aldehydes is 1. The van der Waals surface area contributed by atoms with E-state index in [4.69, 9.17) is 0 Å². The van der Waals surface area contributed by atoms with E-state index in [1.165, 1.54) is 0 Å². The van der Waals surface area contributed by atoms with Crippen LogP contribution in [-0.4, -0.2) is 11.3 Å². The van der Waals surface area contributed by atoms with Crippen molar-refractivity contribution in [1.29, 1.82) is 0 Å². The summed E-state index contributed by atoms with van der Waals surface area (Å²) in [4.78, 5) is 15.1. The lowest BCUT2D eigenvalue weighted by Gasteiger charge is -1.95. The number of nitrogens with zero attached hydrogens (tertiary/aromatic N) is 1. The van der Waals surface area contributed by atoms with E-state index in [9.17, 15) is 4.79 Å². The Balaban J connectivity index is 2.58. The normalized spacial score (nSPS) is 11.1. The van der Waals surface area contributed by atoms with E-state index >= 15 is 0 Å². The van der Waals surface area contributed by atoms with Crippen LogP contribution in [0.5, 0.6) is 0 Å². The van der Waals surface area contributed by atoms with Crippen molar-refractivity contribution in [2.45, 2.75) is 26.2 Å². The van der Waals surface area contributed by atoms with Crippen molar-refractivity contribution in [2.24, 2.45) is 0 Å². The average Bonchev–Trinajstić information content (AvgIpc) is 2.63. The van der Waals surface area contributed by atoms with Crippen molar-refractivity contribution in [3.05, 3.63) is 28.8 Å². The van der Waals surface area contributed by atoms with Gasteiger partial charge in [0.05, 0.1) is 15.2 Å². The van der Waals surface area contributed by atoms with Crippen LogP contribution in [0.1, 0.15) is 30.3 Å². The van der Waals surface area contributed by atoms with Gasteiger partial charge >= 0.3 is 0 Å². The third-order valence-corrected chi connectivity index (χ3v) is 3.76. The van der Waals surface area contributed by atoms with Gasteiger partial charge in [-0.2, -0.15) is 0 Å². The zero-order valence-electron chi connectivity index (χ0n) is 8.86. The number of thiazole rings is 1. The van der Waals surface area contributed by atoms with Crippen molar-refractivity contribution in [1.82, 2.24) is 4.98 Å². The fraction of sp³-hybridized carbons (Fsp3) is 0.333. The number of aromatic nitrogens is 1. The van der Waals surface area contributed by atoms with Crippen LogP contribution in [0.15, 0.2) is 18.2 Å². The number of carbonyl (C=O) groups is 1. The molecule has 0 saturated carbocycles. The molecule has 0 atom stereocenters. The van der Waals surface area contributed by atoms with Gasteiger partial charge in [0.1, 0.15) is 6.29 Å². The molecule has 0 radical (unpaired) electrons. The summed E-state index contributed by atoms with van der Waals surface area (Å²) in [6.07, 6.45) is 1.43. The van der Waals surface area contributed by atoms with Crippen molar-refractivity contribution in [3.8, 4) is 0 Å². The quantitative estimate of drug-likeness (QED) is 0.742. The molecule has 0 aliphatic heterocycles. The predicted octanol–water partition coefficient (Wildman–Crippen LogP) is 3.16. The first-order valence-electron chi connectivity index (χ1n) is 5.04. The zero-order valence-corrected chi connectivity index (χ0v) is 9.67. The molecule has 2 nitrogen and oxygen atoms in total. The molecule has 2 aromatic rings. The molecule has 0 unspecified atom stereocenters. The Kier molecular flexibility index (Phi) is 2.82. The second kappa shape index (κ2) is 4.11. The van der Waals surface area contributed by atoms with E-state index in [0.717, 1.165) is 27.1 Å². The van der Waals surface area contributed by atoms with Crippen molar-refractivity contribution in [2.75, 3.05) is 0 Å². The van der Waals surface area contributed by atoms with Gasteiger partial charge in [0.25, 0.3) is 0 Å². The molecule has 1 heterocycles. The molecule has 0 bridgehead atoms. The zero-order chi connectivity index (χ0) is 10.8. The first-order valence-corrected chi connectivity index (χ1v) is 5.86. The van der Waals surface area contributed by atoms with Crippen LogP contribution in [0, 0.1) is 0 Å². The van der Waals surface area contributed by atoms with Crippen molar-refractivity contribution < 1.29 is 4.79 Å². The Hall–Kier alpha value is -1.22. The van der Waals surface area contributed by atoms with Gasteiger partial charge in [0.15, 0.2) is 0 Å². The lowest BCUT2D eigenvalue weighted by Crippen LogP contribution is -1.85. The number of fused-ring (bicyclic) bond motifs is 1. The summed E-state index contributed by atoms with van der Waals surface area (Å²) < 4.78 is 1.16. The second-order valence-corrected chi connectivity index (χ2v) is 4.87. The second-order valence-electron chi connectivity index (χ2n) is 3.84. The minimum Gasteiger partial charge on any atom is -0.303 e. The topological polar surface area (TPSA) is 30.0 Å². The molecule has 15 heavy (non-hydrogen) atoms. The molecule has 2 rings (SSSR count). The summed E-state index contributed by atoms with van der Waals surface area (Å²) in [5, 5.41) is 1.14. The third-order valence-electron chi connectivity index (χ3n) is 2.31. The minimum absolute atomic E-state index is 0.450. The highest BCUT2D eigenvalue weighted by atomic mass is 32.1. The van der Waals surface area contributed by atoms with Crippen LogP contribution in [0.25, 0.3) is 10.2 Å². The average molecular weight is 219 g/mol. The molecule has 0 aliphatic rings. The summed E-state index contributed by atoms with van der Waals surface area (Å²) in [6, 6.07) is 5.97. The fourth-order valence-corrected chi connectivity index (χ4v) is 2.61. The Labute approximate surface area is 93.0 Å². The van der Waals surface area contributed by atoms with Crippen LogP contribution < -0.4 is 0 Å². The fourth-order valence-electron chi connectivity index (χ4n) is 1.52. The van der Waals surface area contributed by atoms with E-state index in [2.05, 4.69) is 18.8 Å². The largest absolute Gasteiger partial charge is 0.303 e. The van der Waals surface area contributed by atoms with Crippen LogP contribution in [-0.2, 0) is 11.2 Å². The first-order chi connectivity index (χ1) is 7.22. The molecule has 0 N–H and O–H groups in total. The maximum absolute atomic E-state index is 10.5. The number of carbonyl (C=O) groups excluding carboxylic acids is 1. The number of hydrogen-bond acceptors (Lipinski definition) is 3. The van der Waals surface area contributed by atoms with Gasteiger partial charge in [0, 0.05) is 12.3 Å². The van der Waals surface area contributed by atoms with Crippen molar-refractivity contribution >= 4 is 27.8 Å². The van der Waals surface area contributed by atoms with E-state index in [-0.39, 0.29) is 0 Å². The maximum atomic E-state index is 10.5. The molecule has 0 aliphatic carbocycles. The SMILES string of the molecule is CC(C)c1nc2cccc(CC=O)c2s1. The molecule has 0 fully saturated rings. The van der Waals surface area contributed by atoms with Crippen LogP contribution >= 0.6 is 11.3 Å². The smallest absolute Gasteiger partial charge is 0.124 e. The van der Waals surface area contributed by atoms with Gasteiger partial charge in [-0.05, 0) is 11.6 Å². The molecule has 3 heteroatoms. The highest BCUT2D eigenvalue weighted by molar-refractivity contribution is 7.18. The van der Waals surface area contributed by atoms with Gasteiger partial charge in [-0.1, -0.05) is 26.0 Å². The molecular weight excluding hydrogens is 206 g/mol. The minimum atomic E-state index is 0.450. The summed E-state index contributed by atoms with van der Waals surface area (Å²) in [5.41, 5.74) is 2.11. The maximum Gasteiger partial charge on any atom is 0.124 e. The molecule has 0 spiro atoms.